The molecule has 1 amide bonds. The number of alkyl halides is 1. The van der Waals surface area contributed by atoms with E-state index in [-0.39, 0.29) is 11.7 Å². The third-order valence-electron chi connectivity index (χ3n) is 2.05. The van der Waals surface area contributed by atoms with Crippen molar-refractivity contribution >= 4 is 23.5 Å². The average Bonchev–Trinajstić information content (AvgIpc) is 2.24. The Labute approximate surface area is 113 Å². The number of Topliss-reactive ketones (excluding diaryl/α,β-unsaturated/α-hetero) is 1. The molecule has 1 unspecified atom stereocenters. The van der Waals surface area contributed by atoms with Crippen LogP contribution < -0.4 is 5.32 Å². The van der Waals surface area contributed by atoms with Crippen molar-refractivity contribution in [2.24, 2.45) is 0 Å². The molecule has 0 saturated heterocycles. The maximum atomic E-state index is 11.6. The minimum absolute atomic E-state index is 0.132. The Morgan fingerprint density at radius 3 is 2.39 bits per heavy atom. The summed E-state index contributed by atoms with van der Waals surface area (Å²) in [5.74, 6) is -0.355. The van der Waals surface area contributed by atoms with E-state index in [9.17, 15) is 9.59 Å². The third-order valence-corrected chi connectivity index (χ3v) is 2.32. The molecule has 0 rings (SSSR count). The zero-order chi connectivity index (χ0) is 14.2. The van der Waals surface area contributed by atoms with Crippen LogP contribution in [0.25, 0.3) is 0 Å². The van der Waals surface area contributed by atoms with E-state index in [0.29, 0.717) is 19.4 Å². The summed E-state index contributed by atoms with van der Waals surface area (Å²) < 4.78 is 10.00. The standard InChI is InChI=1S/C12H22ClNO4/c1-12(2,3)18-11(16)14-9(10(15)8-13)6-5-7-17-4/h9H,5-8H2,1-4H3,(H,14,16). The predicted molar refractivity (Wildman–Crippen MR) is 70.0 cm³/mol. The second-order valence-electron chi connectivity index (χ2n) is 4.93. The van der Waals surface area contributed by atoms with Crippen LogP contribution in [-0.2, 0) is 14.3 Å². The number of hydrogen-bond donors (Lipinski definition) is 1. The van der Waals surface area contributed by atoms with E-state index in [1.54, 1.807) is 27.9 Å². The zero-order valence-corrected chi connectivity index (χ0v) is 12.2. The van der Waals surface area contributed by atoms with E-state index in [4.69, 9.17) is 21.1 Å². The van der Waals surface area contributed by atoms with Gasteiger partial charge in [0.25, 0.3) is 0 Å². The van der Waals surface area contributed by atoms with Crippen LogP contribution >= 0.6 is 11.6 Å². The molecule has 0 fully saturated rings. The molecule has 1 N–H and O–H groups in total. The molecule has 6 heteroatoms. The van der Waals surface area contributed by atoms with Crippen molar-refractivity contribution in [2.75, 3.05) is 19.6 Å². The number of methoxy groups -OCH3 is 1. The molecular weight excluding hydrogens is 258 g/mol. The normalized spacial score (nSPS) is 12.9. The summed E-state index contributed by atoms with van der Waals surface area (Å²) in [7, 11) is 1.58. The lowest BCUT2D eigenvalue weighted by atomic mass is 10.1. The second kappa shape index (κ2) is 8.32. The van der Waals surface area contributed by atoms with E-state index in [0.717, 1.165) is 0 Å². The first-order valence-corrected chi connectivity index (χ1v) is 6.40. The smallest absolute Gasteiger partial charge is 0.408 e. The SMILES string of the molecule is COCCCC(NC(=O)OC(C)(C)C)C(=O)CCl. The molecule has 0 aliphatic heterocycles. The van der Waals surface area contributed by atoms with Crippen LogP contribution in [0.3, 0.4) is 0 Å². The van der Waals surface area contributed by atoms with Crippen LogP contribution in [0.15, 0.2) is 0 Å². The van der Waals surface area contributed by atoms with Gasteiger partial charge in [0, 0.05) is 13.7 Å². The van der Waals surface area contributed by atoms with E-state index in [2.05, 4.69) is 5.32 Å². The topological polar surface area (TPSA) is 64.6 Å². The highest BCUT2D eigenvalue weighted by molar-refractivity contribution is 6.28. The minimum Gasteiger partial charge on any atom is -0.444 e. The van der Waals surface area contributed by atoms with E-state index in [1.807, 2.05) is 0 Å². The van der Waals surface area contributed by atoms with Crippen LogP contribution in [0.4, 0.5) is 4.79 Å². The van der Waals surface area contributed by atoms with Crippen molar-refractivity contribution in [3.8, 4) is 0 Å². The highest BCUT2D eigenvalue weighted by Gasteiger charge is 2.23. The van der Waals surface area contributed by atoms with Gasteiger partial charge in [-0.1, -0.05) is 0 Å². The molecule has 5 nitrogen and oxygen atoms in total. The molecule has 0 radical (unpaired) electrons. The molecule has 0 bridgehead atoms. The Balaban J connectivity index is 4.31. The molecule has 0 spiro atoms. The fraction of sp³-hybridized carbons (Fsp3) is 0.833. The quantitative estimate of drug-likeness (QED) is 0.573. The fourth-order valence-electron chi connectivity index (χ4n) is 1.29. The van der Waals surface area contributed by atoms with Crippen molar-refractivity contribution in [1.82, 2.24) is 5.32 Å². The van der Waals surface area contributed by atoms with Crippen molar-refractivity contribution in [2.45, 2.75) is 45.3 Å². The molecule has 106 valence electrons. The van der Waals surface area contributed by atoms with Crippen molar-refractivity contribution in [3.63, 3.8) is 0 Å². The van der Waals surface area contributed by atoms with Crippen molar-refractivity contribution in [1.29, 1.82) is 0 Å². The predicted octanol–water partition coefficient (Wildman–Crippen LogP) is 2.11. The summed E-state index contributed by atoms with van der Waals surface area (Å²) >= 11 is 5.50. The highest BCUT2D eigenvalue weighted by atomic mass is 35.5. The Kier molecular flexibility index (Phi) is 7.95. The number of hydrogen-bond acceptors (Lipinski definition) is 4. The fourth-order valence-corrected chi connectivity index (χ4v) is 1.47. The van der Waals surface area contributed by atoms with Crippen LogP contribution in [0, 0.1) is 0 Å². The van der Waals surface area contributed by atoms with Crippen molar-refractivity contribution < 1.29 is 19.1 Å². The highest BCUT2D eigenvalue weighted by Crippen LogP contribution is 2.08. The molecule has 0 aliphatic rings. The maximum absolute atomic E-state index is 11.6. The number of carbonyl (C=O) groups excluding carboxylic acids is 2. The van der Waals surface area contributed by atoms with Crippen LogP contribution in [0.1, 0.15) is 33.6 Å². The number of rotatable bonds is 7. The lowest BCUT2D eigenvalue weighted by Crippen LogP contribution is -2.44. The first-order valence-electron chi connectivity index (χ1n) is 5.87. The van der Waals surface area contributed by atoms with Gasteiger partial charge >= 0.3 is 6.09 Å². The summed E-state index contributed by atoms with van der Waals surface area (Å²) in [6.45, 7) is 5.81. The summed E-state index contributed by atoms with van der Waals surface area (Å²) in [6, 6.07) is -0.618. The lowest BCUT2D eigenvalue weighted by Gasteiger charge is -2.22. The first-order chi connectivity index (χ1) is 8.30. The van der Waals surface area contributed by atoms with Gasteiger partial charge in [-0.3, -0.25) is 4.79 Å². The van der Waals surface area contributed by atoms with Gasteiger partial charge in [0.05, 0.1) is 11.9 Å². The van der Waals surface area contributed by atoms with E-state index >= 15 is 0 Å². The number of halogens is 1. The summed E-state index contributed by atoms with van der Waals surface area (Å²) in [6.07, 6.45) is 0.543. The number of nitrogens with one attached hydrogen (secondary N) is 1. The van der Waals surface area contributed by atoms with Gasteiger partial charge < -0.3 is 14.8 Å². The van der Waals surface area contributed by atoms with Gasteiger partial charge in [-0.05, 0) is 33.6 Å². The van der Waals surface area contributed by atoms with Gasteiger partial charge in [-0.2, -0.15) is 0 Å². The molecule has 0 aliphatic carbocycles. The Bertz CT molecular complexity index is 276. The van der Waals surface area contributed by atoms with Gasteiger partial charge in [-0.15, -0.1) is 11.6 Å². The Hall–Kier alpha value is -0.810. The van der Waals surface area contributed by atoms with Crippen LogP contribution in [-0.4, -0.2) is 43.1 Å². The molecular formula is C12H22ClNO4. The largest absolute Gasteiger partial charge is 0.444 e. The van der Waals surface area contributed by atoms with Gasteiger partial charge in [-0.25, -0.2) is 4.79 Å². The molecule has 0 heterocycles. The third kappa shape index (κ3) is 8.31. The molecule has 18 heavy (non-hydrogen) atoms. The van der Waals surface area contributed by atoms with E-state index < -0.39 is 17.7 Å². The minimum atomic E-state index is -0.618. The molecule has 0 saturated carbocycles. The Morgan fingerprint density at radius 1 is 1.33 bits per heavy atom. The van der Waals surface area contributed by atoms with Gasteiger partial charge in [0.15, 0.2) is 5.78 Å². The molecule has 0 aromatic heterocycles. The monoisotopic (exact) mass is 279 g/mol. The molecule has 1 atom stereocenters. The number of ketones is 1. The molecule has 0 aromatic rings. The van der Waals surface area contributed by atoms with Crippen molar-refractivity contribution in [3.05, 3.63) is 0 Å². The van der Waals surface area contributed by atoms with Gasteiger partial charge in [0.2, 0.25) is 0 Å². The maximum Gasteiger partial charge on any atom is 0.408 e. The zero-order valence-electron chi connectivity index (χ0n) is 11.4. The Morgan fingerprint density at radius 2 is 1.94 bits per heavy atom. The summed E-state index contributed by atoms with van der Waals surface area (Å²) in [5.41, 5.74) is -0.592. The van der Waals surface area contributed by atoms with E-state index in [1.165, 1.54) is 0 Å². The average molecular weight is 280 g/mol. The lowest BCUT2D eigenvalue weighted by molar-refractivity contribution is -0.119. The molecule has 0 aromatic carbocycles. The second-order valence-corrected chi connectivity index (χ2v) is 5.20. The van der Waals surface area contributed by atoms with Crippen LogP contribution in [0.5, 0.6) is 0 Å². The number of alkyl carbamates (subject to hydrolysis) is 1. The summed E-state index contributed by atoms with van der Waals surface area (Å²) in [4.78, 5) is 23.1. The summed E-state index contributed by atoms with van der Waals surface area (Å²) in [5, 5.41) is 2.53. The first kappa shape index (κ1) is 17.2. The number of ether oxygens (including phenoxy) is 2. The number of amides is 1. The van der Waals surface area contributed by atoms with Crippen LogP contribution in [0.2, 0.25) is 0 Å². The number of carbonyl (C=O) groups is 2. The van der Waals surface area contributed by atoms with Gasteiger partial charge in [0.1, 0.15) is 5.60 Å².